The molecule has 1 aliphatic carbocycles. The maximum Gasteiger partial charge on any atom is 0.433 e. The zero-order chi connectivity index (χ0) is 19.4. The molecule has 1 aliphatic rings. The molecule has 2 aromatic rings. The first-order chi connectivity index (χ1) is 12.8. The van der Waals surface area contributed by atoms with Gasteiger partial charge in [-0.05, 0) is 29.2 Å². The van der Waals surface area contributed by atoms with E-state index < -0.39 is 23.9 Å². The molecule has 0 saturated heterocycles. The van der Waals surface area contributed by atoms with E-state index in [0.29, 0.717) is 5.39 Å². The molecule has 3 rings (SSSR count). The van der Waals surface area contributed by atoms with Gasteiger partial charge >= 0.3 is 12.1 Å². The largest absolute Gasteiger partial charge is 0.480 e. The van der Waals surface area contributed by atoms with Gasteiger partial charge < -0.3 is 5.11 Å². The number of rotatable bonds is 5. The van der Waals surface area contributed by atoms with Crippen LogP contribution in [0.25, 0.3) is 10.8 Å². The first-order valence-corrected chi connectivity index (χ1v) is 9.21. The summed E-state index contributed by atoms with van der Waals surface area (Å²) in [6.45, 7) is 0. The van der Waals surface area contributed by atoms with Crippen LogP contribution in [0.1, 0.15) is 44.1 Å². The molecule has 0 aliphatic heterocycles. The molecule has 1 saturated carbocycles. The van der Waals surface area contributed by atoms with Gasteiger partial charge in [0.2, 0.25) is 0 Å². The summed E-state index contributed by atoms with van der Waals surface area (Å²) < 4.78 is 41.1. The van der Waals surface area contributed by atoms with Crippen molar-refractivity contribution in [2.45, 2.75) is 50.7 Å². The second-order valence-corrected chi connectivity index (χ2v) is 7.13. The van der Waals surface area contributed by atoms with Crippen molar-refractivity contribution < 1.29 is 23.1 Å². The van der Waals surface area contributed by atoms with Crippen LogP contribution in [-0.4, -0.2) is 29.0 Å². The van der Waals surface area contributed by atoms with E-state index in [4.69, 9.17) is 0 Å². The molecule has 0 unspecified atom stereocenters. The fourth-order valence-corrected chi connectivity index (χ4v) is 3.75. The number of carboxylic acid groups (broad SMARTS) is 1. The van der Waals surface area contributed by atoms with E-state index in [2.05, 4.69) is 4.99 Å². The van der Waals surface area contributed by atoms with Gasteiger partial charge in [-0.25, -0.2) is 4.79 Å². The molecule has 144 valence electrons. The first kappa shape index (κ1) is 19.4. The predicted molar refractivity (Wildman–Crippen MR) is 99.2 cm³/mol. The van der Waals surface area contributed by atoms with Crippen LogP contribution in [-0.2, 0) is 4.79 Å². The minimum absolute atomic E-state index is 0.101. The van der Waals surface area contributed by atoms with Crippen molar-refractivity contribution in [3.05, 3.63) is 48.0 Å². The lowest BCUT2D eigenvalue weighted by Crippen LogP contribution is -2.30. The zero-order valence-corrected chi connectivity index (χ0v) is 14.9. The third-order valence-electron chi connectivity index (χ3n) is 5.14. The molecule has 3 nitrogen and oxygen atoms in total. The molecule has 27 heavy (non-hydrogen) atoms. The van der Waals surface area contributed by atoms with Crippen LogP contribution in [0.5, 0.6) is 0 Å². The van der Waals surface area contributed by atoms with Gasteiger partial charge in [0, 0.05) is 5.56 Å². The Bertz CT molecular complexity index is 839. The highest BCUT2D eigenvalue weighted by Crippen LogP contribution is 2.30. The minimum atomic E-state index is -4.72. The van der Waals surface area contributed by atoms with E-state index in [9.17, 15) is 23.1 Å². The van der Waals surface area contributed by atoms with Crippen LogP contribution in [0.4, 0.5) is 13.2 Å². The average molecular weight is 377 g/mol. The van der Waals surface area contributed by atoms with Crippen molar-refractivity contribution in [3.8, 4) is 0 Å². The van der Waals surface area contributed by atoms with Crippen LogP contribution < -0.4 is 0 Å². The topological polar surface area (TPSA) is 49.7 Å². The van der Waals surface area contributed by atoms with E-state index in [0.717, 1.165) is 37.5 Å². The maximum atomic E-state index is 13.7. The van der Waals surface area contributed by atoms with Crippen molar-refractivity contribution in [1.29, 1.82) is 0 Å². The van der Waals surface area contributed by atoms with Crippen molar-refractivity contribution in [1.82, 2.24) is 0 Å². The number of alkyl halides is 3. The van der Waals surface area contributed by atoms with E-state index in [-0.39, 0.29) is 17.9 Å². The van der Waals surface area contributed by atoms with Crippen molar-refractivity contribution in [2.75, 3.05) is 0 Å². The second kappa shape index (κ2) is 8.11. The molecule has 0 heterocycles. The maximum absolute atomic E-state index is 13.7. The molecular weight excluding hydrogens is 355 g/mol. The Hall–Kier alpha value is -2.37. The van der Waals surface area contributed by atoms with Crippen LogP contribution in [0.2, 0.25) is 0 Å². The minimum Gasteiger partial charge on any atom is -0.480 e. The summed E-state index contributed by atoms with van der Waals surface area (Å²) in [4.78, 5) is 15.3. The quantitative estimate of drug-likeness (QED) is 0.688. The van der Waals surface area contributed by atoms with Crippen molar-refractivity contribution in [2.24, 2.45) is 10.9 Å². The summed E-state index contributed by atoms with van der Waals surface area (Å²) in [5, 5.41) is 10.9. The lowest BCUT2D eigenvalue weighted by atomic mass is 9.85. The number of fused-ring (bicyclic) bond motifs is 1. The summed E-state index contributed by atoms with van der Waals surface area (Å²) >= 11 is 0. The molecule has 1 N–H and O–H groups in total. The Morgan fingerprint density at radius 2 is 1.74 bits per heavy atom. The molecule has 2 aromatic carbocycles. The summed E-state index contributed by atoms with van der Waals surface area (Å²) in [6, 6.07) is 10.1. The molecule has 1 fully saturated rings. The number of nitrogens with zero attached hydrogens (tertiary/aromatic N) is 1. The summed E-state index contributed by atoms with van der Waals surface area (Å²) in [6.07, 6.45) is 0.246. The Labute approximate surface area is 155 Å². The third-order valence-corrected chi connectivity index (χ3v) is 5.14. The Morgan fingerprint density at radius 3 is 2.37 bits per heavy atom. The fourth-order valence-electron chi connectivity index (χ4n) is 3.75. The highest BCUT2D eigenvalue weighted by atomic mass is 19.4. The lowest BCUT2D eigenvalue weighted by molar-refractivity contribution is -0.139. The van der Waals surface area contributed by atoms with E-state index in [1.807, 2.05) is 12.1 Å². The number of aliphatic imine (C=N–C) groups is 1. The SMILES string of the molecule is O=C(O)[C@@H](CC1CCCCC1)/N=C(/c1ccc2ccccc2c1)C(F)(F)F. The standard InChI is InChI=1S/C21H22F3NO2/c22-21(23,24)19(17-11-10-15-8-4-5-9-16(15)13-17)25-18(20(26)27)12-14-6-2-1-3-7-14/h4-5,8-11,13-14,18H,1-3,6-7,12H2,(H,26,27)/b25-19-/t18-/m1/s1. The molecule has 0 amide bonds. The third kappa shape index (κ3) is 4.87. The van der Waals surface area contributed by atoms with Crippen LogP contribution in [0, 0.1) is 5.92 Å². The van der Waals surface area contributed by atoms with Gasteiger partial charge in [0.15, 0.2) is 0 Å². The molecule has 0 radical (unpaired) electrons. The van der Waals surface area contributed by atoms with Crippen LogP contribution in [0.15, 0.2) is 47.5 Å². The van der Waals surface area contributed by atoms with E-state index in [1.54, 1.807) is 18.2 Å². The summed E-state index contributed by atoms with van der Waals surface area (Å²) in [7, 11) is 0. The molecule has 0 bridgehead atoms. The number of hydrogen-bond donors (Lipinski definition) is 1. The first-order valence-electron chi connectivity index (χ1n) is 9.21. The number of benzene rings is 2. The van der Waals surface area contributed by atoms with Crippen LogP contribution in [0.3, 0.4) is 0 Å². The number of aliphatic carboxylic acids is 1. The normalized spacial score (nSPS) is 17.8. The van der Waals surface area contributed by atoms with Gasteiger partial charge in [0.1, 0.15) is 11.8 Å². The Balaban J connectivity index is 1.96. The summed E-state index contributed by atoms with van der Waals surface area (Å²) in [5.41, 5.74) is -1.22. The van der Waals surface area contributed by atoms with E-state index in [1.165, 1.54) is 12.1 Å². The Kier molecular flexibility index (Phi) is 5.82. The van der Waals surface area contributed by atoms with Gasteiger partial charge in [0.25, 0.3) is 0 Å². The van der Waals surface area contributed by atoms with Crippen LogP contribution >= 0.6 is 0 Å². The average Bonchev–Trinajstić information content (AvgIpc) is 2.64. The number of carboxylic acids is 1. The van der Waals surface area contributed by atoms with Crippen molar-refractivity contribution in [3.63, 3.8) is 0 Å². The van der Waals surface area contributed by atoms with Gasteiger partial charge in [-0.1, -0.05) is 68.5 Å². The Morgan fingerprint density at radius 1 is 1.07 bits per heavy atom. The second-order valence-electron chi connectivity index (χ2n) is 7.13. The number of hydrogen-bond acceptors (Lipinski definition) is 2. The van der Waals surface area contributed by atoms with E-state index >= 15 is 0 Å². The fraction of sp³-hybridized carbons (Fsp3) is 0.429. The molecule has 0 aromatic heterocycles. The molecule has 1 atom stereocenters. The van der Waals surface area contributed by atoms with Gasteiger partial charge in [-0.15, -0.1) is 0 Å². The highest BCUT2D eigenvalue weighted by Gasteiger charge is 2.38. The van der Waals surface area contributed by atoms with Crippen molar-refractivity contribution >= 4 is 22.5 Å². The van der Waals surface area contributed by atoms with Gasteiger partial charge in [-0.2, -0.15) is 13.2 Å². The predicted octanol–water partition coefficient (Wildman–Crippen LogP) is 5.61. The monoisotopic (exact) mass is 377 g/mol. The summed E-state index contributed by atoms with van der Waals surface area (Å²) in [5.74, 6) is -1.18. The molecular formula is C21H22F3NO2. The zero-order valence-electron chi connectivity index (χ0n) is 14.9. The van der Waals surface area contributed by atoms with Gasteiger partial charge in [0.05, 0.1) is 0 Å². The molecule has 0 spiro atoms. The highest BCUT2D eigenvalue weighted by molar-refractivity contribution is 6.07. The lowest BCUT2D eigenvalue weighted by Gasteiger charge is -2.24. The smallest absolute Gasteiger partial charge is 0.433 e. The number of carbonyl (C=O) groups is 1. The number of halogens is 3. The molecule has 6 heteroatoms. The van der Waals surface area contributed by atoms with Gasteiger partial charge in [-0.3, -0.25) is 4.99 Å².